The van der Waals surface area contributed by atoms with Gasteiger partial charge in [0.2, 0.25) is 5.91 Å². The molecule has 0 saturated carbocycles. The molecule has 0 radical (unpaired) electrons. The van der Waals surface area contributed by atoms with E-state index in [1.54, 1.807) is 7.05 Å². The lowest BCUT2D eigenvalue weighted by molar-refractivity contribution is -0.129. The van der Waals surface area contributed by atoms with E-state index in [2.05, 4.69) is 10.2 Å². The third kappa shape index (κ3) is 2.33. The van der Waals surface area contributed by atoms with Gasteiger partial charge in [0, 0.05) is 32.4 Å². The molecule has 0 bridgehead atoms. The lowest BCUT2D eigenvalue weighted by Gasteiger charge is -2.38. The van der Waals surface area contributed by atoms with Crippen molar-refractivity contribution in [2.75, 3.05) is 25.9 Å². The second-order valence-corrected chi connectivity index (χ2v) is 4.25. The number of hydrogen-bond acceptors (Lipinski definition) is 3. The zero-order chi connectivity index (χ0) is 11.5. The first-order chi connectivity index (χ1) is 7.69. The van der Waals surface area contributed by atoms with E-state index in [9.17, 15) is 4.79 Å². The minimum atomic E-state index is 0.147. The first kappa shape index (κ1) is 11.0. The second kappa shape index (κ2) is 4.53. The number of rotatable bonds is 3. The number of nitrogen functional groups attached to an aromatic ring is 1. The third-order valence-electron chi connectivity index (χ3n) is 2.96. The summed E-state index contributed by atoms with van der Waals surface area (Å²) in [5, 5.41) is 2.68. The van der Waals surface area contributed by atoms with E-state index < -0.39 is 0 Å². The average Bonchev–Trinajstić information content (AvgIpc) is 2.24. The predicted molar refractivity (Wildman–Crippen MR) is 63.7 cm³/mol. The van der Waals surface area contributed by atoms with E-state index in [1.807, 2.05) is 24.3 Å². The van der Waals surface area contributed by atoms with Crippen LogP contribution in [0, 0.1) is 5.92 Å². The molecule has 4 heteroatoms. The zero-order valence-corrected chi connectivity index (χ0v) is 9.44. The molecule has 1 heterocycles. The fourth-order valence-electron chi connectivity index (χ4n) is 1.95. The van der Waals surface area contributed by atoms with Crippen LogP contribution in [0.5, 0.6) is 0 Å². The molecule has 4 nitrogen and oxygen atoms in total. The number of hydrogen-bond donors (Lipinski definition) is 2. The van der Waals surface area contributed by atoms with Crippen molar-refractivity contribution < 1.29 is 4.79 Å². The molecule has 0 aromatic heterocycles. The van der Waals surface area contributed by atoms with Gasteiger partial charge in [-0.25, -0.2) is 0 Å². The summed E-state index contributed by atoms with van der Waals surface area (Å²) >= 11 is 0. The van der Waals surface area contributed by atoms with Crippen molar-refractivity contribution in [2.45, 2.75) is 6.54 Å². The van der Waals surface area contributed by atoms with Crippen LogP contribution < -0.4 is 11.1 Å². The Morgan fingerprint density at radius 3 is 2.62 bits per heavy atom. The zero-order valence-electron chi connectivity index (χ0n) is 9.44. The van der Waals surface area contributed by atoms with Crippen LogP contribution in [0.1, 0.15) is 5.56 Å². The van der Waals surface area contributed by atoms with Crippen molar-refractivity contribution in [3.05, 3.63) is 29.8 Å². The molecule has 2 rings (SSSR count). The summed E-state index contributed by atoms with van der Waals surface area (Å²) in [6.45, 7) is 2.60. The molecule has 1 saturated heterocycles. The van der Waals surface area contributed by atoms with E-state index in [1.165, 1.54) is 5.56 Å². The molecule has 1 aromatic carbocycles. The molecule has 0 aliphatic carbocycles. The van der Waals surface area contributed by atoms with Gasteiger partial charge in [-0.05, 0) is 17.7 Å². The number of amides is 1. The van der Waals surface area contributed by atoms with Gasteiger partial charge in [0.05, 0.1) is 5.92 Å². The Balaban J connectivity index is 1.81. The summed E-state index contributed by atoms with van der Waals surface area (Å²) in [5.74, 6) is 0.312. The van der Waals surface area contributed by atoms with Gasteiger partial charge in [-0.15, -0.1) is 0 Å². The maximum atomic E-state index is 11.3. The number of anilines is 1. The largest absolute Gasteiger partial charge is 0.399 e. The maximum Gasteiger partial charge on any atom is 0.225 e. The second-order valence-electron chi connectivity index (χ2n) is 4.25. The molecule has 1 aromatic rings. The van der Waals surface area contributed by atoms with E-state index in [-0.39, 0.29) is 11.8 Å². The lowest BCUT2D eigenvalue weighted by atomic mass is 9.98. The van der Waals surface area contributed by atoms with Crippen LogP contribution in [0.3, 0.4) is 0 Å². The number of nitrogens with zero attached hydrogens (tertiary/aromatic N) is 1. The van der Waals surface area contributed by atoms with Crippen LogP contribution in [-0.2, 0) is 11.3 Å². The Hall–Kier alpha value is -1.55. The molecular formula is C12H17N3O. The summed E-state index contributed by atoms with van der Waals surface area (Å²) in [7, 11) is 1.69. The Morgan fingerprint density at radius 2 is 2.06 bits per heavy atom. The third-order valence-corrected chi connectivity index (χ3v) is 2.96. The fourth-order valence-corrected chi connectivity index (χ4v) is 1.95. The number of benzene rings is 1. The molecule has 1 aliphatic heterocycles. The molecular weight excluding hydrogens is 202 g/mol. The van der Waals surface area contributed by atoms with Crippen molar-refractivity contribution in [1.82, 2.24) is 10.2 Å². The van der Waals surface area contributed by atoms with Gasteiger partial charge >= 0.3 is 0 Å². The Kier molecular flexibility index (Phi) is 3.10. The minimum absolute atomic E-state index is 0.147. The van der Waals surface area contributed by atoms with Crippen molar-refractivity contribution in [2.24, 2.45) is 5.92 Å². The topological polar surface area (TPSA) is 58.4 Å². The molecule has 16 heavy (non-hydrogen) atoms. The van der Waals surface area contributed by atoms with Gasteiger partial charge in [0.25, 0.3) is 0 Å². The minimum Gasteiger partial charge on any atom is -0.399 e. The van der Waals surface area contributed by atoms with Gasteiger partial charge in [-0.3, -0.25) is 9.69 Å². The van der Waals surface area contributed by atoms with Gasteiger partial charge in [0.15, 0.2) is 0 Å². The van der Waals surface area contributed by atoms with Crippen LogP contribution in [0.25, 0.3) is 0 Å². The van der Waals surface area contributed by atoms with Crippen LogP contribution in [-0.4, -0.2) is 30.9 Å². The average molecular weight is 219 g/mol. The summed E-state index contributed by atoms with van der Waals surface area (Å²) in [5.41, 5.74) is 7.65. The summed E-state index contributed by atoms with van der Waals surface area (Å²) in [6, 6.07) is 7.88. The van der Waals surface area contributed by atoms with Gasteiger partial charge in [0.1, 0.15) is 0 Å². The standard InChI is InChI=1S/C12H17N3O/c1-14-12(16)10-7-15(8-10)6-9-2-4-11(13)5-3-9/h2-5,10H,6-8,13H2,1H3,(H,14,16). The van der Waals surface area contributed by atoms with Crippen LogP contribution >= 0.6 is 0 Å². The number of carbonyl (C=O) groups excluding carboxylic acids is 1. The van der Waals surface area contributed by atoms with Crippen molar-refractivity contribution in [3.63, 3.8) is 0 Å². The predicted octanol–water partition coefficient (Wildman–Crippen LogP) is 0.447. The molecule has 1 fully saturated rings. The Morgan fingerprint density at radius 1 is 1.44 bits per heavy atom. The Labute approximate surface area is 95.4 Å². The number of carbonyl (C=O) groups is 1. The highest BCUT2D eigenvalue weighted by atomic mass is 16.1. The van der Waals surface area contributed by atoms with Crippen LogP contribution in [0.2, 0.25) is 0 Å². The van der Waals surface area contributed by atoms with Gasteiger partial charge in [-0.2, -0.15) is 0 Å². The summed E-state index contributed by atoms with van der Waals surface area (Å²) < 4.78 is 0. The van der Waals surface area contributed by atoms with Crippen LogP contribution in [0.15, 0.2) is 24.3 Å². The molecule has 3 N–H and O–H groups in total. The van der Waals surface area contributed by atoms with Crippen molar-refractivity contribution in [3.8, 4) is 0 Å². The summed E-state index contributed by atoms with van der Waals surface area (Å²) in [4.78, 5) is 13.5. The first-order valence-corrected chi connectivity index (χ1v) is 5.47. The number of nitrogens with two attached hydrogens (primary N) is 1. The normalized spacial score (nSPS) is 16.8. The molecule has 86 valence electrons. The maximum absolute atomic E-state index is 11.3. The van der Waals surface area contributed by atoms with Crippen molar-refractivity contribution >= 4 is 11.6 Å². The highest BCUT2D eigenvalue weighted by Gasteiger charge is 2.31. The smallest absolute Gasteiger partial charge is 0.225 e. The summed E-state index contributed by atoms with van der Waals surface area (Å²) in [6.07, 6.45) is 0. The quantitative estimate of drug-likeness (QED) is 0.726. The highest BCUT2D eigenvalue weighted by Crippen LogP contribution is 2.19. The van der Waals surface area contributed by atoms with Gasteiger partial charge in [-0.1, -0.05) is 12.1 Å². The van der Waals surface area contributed by atoms with E-state index in [4.69, 9.17) is 5.73 Å². The first-order valence-electron chi connectivity index (χ1n) is 5.47. The molecule has 0 spiro atoms. The Bertz CT molecular complexity index is 368. The monoisotopic (exact) mass is 219 g/mol. The van der Waals surface area contributed by atoms with E-state index in [0.29, 0.717) is 0 Å². The molecule has 1 amide bonds. The van der Waals surface area contributed by atoms with Gasteiger partial charge < -0.3 is 11.1 Å². The number of nitrogens with one attached hydrogen (secondary N) is 1. The molecule has 1 aliphatic rings. The fraction of sp³-hybridized carbons (Fsp3) is 0.417. The van der Waals surface area contributed by atoms with Crippen LogP contribution in [0.4, 0.5) is 5.69 Å². The number of likely N-dealkylation sites (tertiary alicyclic amines) is 1. The molecule has 0 atom stereocenters. The molecule has 0 unspecified atom stereocenters. The SMILES string of the molecule is CNC(=O)C1CN(Cc2ccc(N)cc2)C1. The highest BCUT2D eigenvalue weighted by molar-refractivity contribution is 5.79. The van der Waals surface area contributed by atoms with Crippen molar-refractivity contribution in [1.29, 1.82) is 0 Å². The lowest BCUT2D eigenvalue weighted by Crippen LogP contribution is -2.52. The van der Waals surface area contributed by atoms with E-state index >= 15 is 0 Å². The van der Waals surface area contributed by atoms with E-state index in [0.717, 1.165) is 25.3 Å².